The van der Waals surface area contributed by atoms with Gasteiger partial charge in [0.2, 0.25) is 0 Å². The molecule has 2 aromatic rings. The van der Waals surface area contributed by atoms with E-state index in [1.54, 1.807) is 24.3 Å². The predicted molar refractivity (Wildman–Crippen MR) is 128 cm³/mol. The molecular formula is C21H27FIN5O3. The summed E-state index contributed by atoms with van der Waals surface area (Å²) in [6.07, 6.45) is 0. The third-order valence-corrected chi connectivity index (χ3v) is 4.76. The highest BCUT2D eigenvalue weighted by molar-refractivity contribution is 14.0. The molecule has 0 atom stereocenters. The number of morpholine rings is 1. The fourth-order valence-corrected chi connectivity index (χ4v) is 3.01. The van der Waals surface area contributed by atoms with E-state index in [0.29, 0.717) is 19.0 Å². The molecule has 168 valence electrons. The number of rotatable bonds is 8. The smallest absolute Gasteiger partial charge is 0.269 e. The van der Waals surface area contributed by atoms with Crippen molar-refractivity contribution in [1.29, 1.82) is 0 Å². The summed E-state index contributed by atoms with van der Waals surface area (Å²) in [5.41, 5.74) is 1.87. The summed E-state index contributed by atoms with van der Waals surface area (Å²) >= 11 is 0. The van der Waals surface area contributed by atoms with Crippen molar-refractivity contribution in [1.82, 2.24) is 15.5 Å². The van der Waals surface area contributed by atoms with Crippen molar-refractivity contribution in [3.63, 3.8) is 0 Å². The van der Waals surface area contributed by atoms with Crippen molar-refractivity contribution in [3.05, 3.63) is 75.6 Å². The van der Waals surface area contributed by atoms with Crippen molar-refractivity contribution in [3.8, 4) is 0 Å². The highest BCUT2D eigenvalue weighted by atomic mass is 127. The normalized spacial score (nSPS) is 14.5. The van der Waals surface area contributed by atoms with E-state index in [1.807, 2.05) is 0 Å². The van der Waals surface area contributed by atoms with Crippen molar-refractivity contribution >= 4 is 35.6 Å². The number of hydrogen-bond acceptors (Lipinski definition) is 5. The summed E-state index contributed by atoms with van der Waals surface area (Å²) in [6, 6.07) is 12.7. The van der Waals surface area contributed by atoms with Gasteiger partial charge in [0.15, 0.2) is 5.96 Å². The molecule has 2 N–H and O–H groups in total. The molecule has 2 aromatic carbocycles. The lowest BCUT2D eigenvalue weighted by Crippen LogP contribution is -2.44. The predicted octanol–water partition coefficient (Wildman–Crippen LogP) is 2.92. The van der Waals surface area contributed by atoms with E-state index < -0.39 is 4.92 Å². The molecule has 0 unspecified atom stereocenters. The zero-order chi connectivity index (χ0) is 21.2. The van der Waals surface area contributed by atoms with Crippen LogP contribution in [0.15, 0.2) is 53.5 Å². The van der Waals surface area contributed by atoms with Gasteiger partial charge in [-0.15, -0.1) is 24.0 Å². The van der Waals surface area contributed by atoms with E-state index in [1.165, 1.54) is 24.3 Å². The van der Waals surface area contributed by atoms with Crippen molar-refractivity contribution in [2.45, 2.75) is 13.1 Å². The van der Waals surface area contributed by atoms with Crippen molar-refractivity contribution in [2.75, 3.05) is 39.4 Å². The van der Waals surface area contributed by atoms with Crippen molar-refractivity contribution < 1.29 is 14.1 Å². The first-order valence-corrected chi connectivity index (χ1v) is 9.90. The van der Waals surface area contributed by atoms with Gasteiger partial charge in [-0.25, -0.2) is 9.38 Å². The summed E-state index contributed by atoms with van der Waals surface area (Å²) in [4.78, 5) is 17.3. The van der Waals surface area contributed by atoms with Gasteiger partial charge in [-0.3, -0.25) is 15.0 Å². The minimum atomic E-state index is -0.417. The standard InChI is InChI=1S/C21H26FN5O3.HI/c22-19-5-1-17(2-6-19)15-24-21(23-9-10-26-11-13-30-14-12-26)25-16-18-3-7-20(8-4-18)27(28)29;/h1-8H,9-16H2,(H2,23,24,25);1H. The number of ether oxygens (including phenoxy) is 1. The molecule has 0 aromatic heterocycles. The van der Waals surface area contributed by atoms with Gasteiger partial charge < -0.3 is 15.4 Å². The van der Waals surface area contributed by atoms with Crippen LogP contribution in [0.4, 0.5) is 10.1 Å². The molecule has 31 heavy (non-hydrogen) atoms. The molecule has 8 nitrogen and oxygen atoms in total. The van der Waals surface area contributed by atoms with Crippen LogP contribution >= 0.6 is 24.0 Å². The fourth-order valence-electron chi connectivity index (χ4n) is 3.01. The monoisotopic (exact) mass is 543 g/mol. The number of nitrogens with one attached hydrogen (secondary N) is 2. The number of hydrogen-bond donors (Lipinski definition) is 2. The minimum Gasteiger partial charge on any atom is -0.379 e. The molecule has 1 heterocycles. The number of aliphatic imine (C=N–C) groups is 1. The summed E-state index contributed by atoms with van der Waals surface area (Å²) in [7, 11) is 0. The zero-order valence-electron chi connectivity index (χ0n) is 17.1. The number of non-ortho nitro benzene ring substituents is 1. The molecular weight excluding hydrogens is 516 g/mol. The van der Waals surface area contributed by atoms with E-state index in [-0.39, 0.29) is 35.5 Å². The Bertz CT molecular complexity index is 843. The Labute approximate surface area is 198 Å². The van der Waals surface area contributed by atoms with Gasteiger partial charge in [-0.05, 0) is 23.3 Å². The second-order valence-electron chi connectivity index (χ2n) is 6.95. The van der Waals surface area contributed by atoms with E-state index in [9.17, 15) is 14.5 Å². The highest BCUT2D eigenvalue weighted by Gasteiger charge is 2.10. The third-order valence-electron chi connectivity index (χ3n) is 4.76. The molecule has 0 amide bonds. The van der Waals surface area contributed by atoms with Crippen LogP contribution in [0.2, 0.25) is 0 Å². The van der Waals surface area contributed by atoms with Gasteiger partial charge in [0, 0.05) is 44.9 Å². The van der Waals surface area contributed by atoms with Crippen LogP contribution in [0.25, 0.3) is 0 Å². The largest absolute Gasteiger partial charge is 0.379 e. The molecule has 1 saturated heterocycles. The summed E-state index contributed by atoms with van der Waals surface area (Å²) in [5.74, 6) is 0.355. The Morgan fingerprint density at radius 2 is 1.71 bits per heavy atom. The second kappa shape index (κ2) is 13.2. The lowest BCUT2D eigenvalue weighted by molar-refractivity contribution is -0.384. The summed E-state index contributed by atoms with van der Waals surface area (Å²) < 4.78 is 18.5. The maximum absolute atomic E-state index is 13.1. The number of guanidine groups is 1. The number of halogens is 2. The van der Waals surface area contributed by atoms with E-state index in [2.05, 4.69) is 20.5 Å². The minimum absolute atomic E-state index is 0. The zero-order valence-corrected chi connectivity index (χ0v) is 19.5. The first kappa shape index (κ1) is 25.0. The first-order valence-electron chi connectivity index (χ1n) is 9.90. The fraction of sp³-hybridized carbons (Fsp3) is 0.381. The average Bonchev–Trinajstić information content (AvgIpc) is 2.77. The van der Waals surface area contributed by atoms with E-state index in [0.717, 1.165) is 50.5 Å². The third kappa shape index (κ3) is 8.75. The quantitative estimate of drug-likeness (QED) is 0.175. The molecule has 0 spiro atoms. The average molecular weight is 543 g/mol. The Kier molecular flexibility index (Phi) is 10.6. The van der Waals surface area contributed by atoms with E-state index in [4.69, 9.17) is 4.74 Å². The molecule has 0 bridgehead atoms. The number of nitro groups is 1. The summed E-state index contributed by atoms with van der Waals surface area (Å²) in [5, 5.41) is 17.4. The number of nitro benzene ring substituents is 1. The number of benzene rings is 2. The van der Waals surface area contributed by atoms with Crippen LogP contribution < -0.4 is 10.6 Å². The van der Waals surface area contributed by atoms with Gasteiger partial charge >= 0.3 is 0 Å². The SMILES string of the molecule is I.O=[N+]([O-])c1ccc(CNC(=NCc2ccc(F)cc2)NCCN2CCOCC2)cc1. The van der Waals surface area contributed by atoms with Crippen LogP contribution in [-0.2, 0) is 17.8 Å². The van der Waals surface area contributed by atoms with E-state index >= 15 is 0 Å². The van der Waals surface area contributed by atoms with Crippen LogP contribution in [0.5, 0.6) is 0 Å². The Morgan fingerprint density at radius 1 is 1.06 bits per heavy atom. The molecule has 1 fully saturated rings. The molecule has 0 aliphatic carbocycles. The lowest BCUT2D eigenvalue weighted by Gasteiger charge is -2.26. The Hall–Kier alpha value is -2.31. The van der Waals surface area contributed by atoms with Gasteiger partial charge in [-0.1, -0.05) is 24.3 Å². The molecule has 3 rings (SSSR count). The van der Waals surface area contributed by atoms with Crippen LogP contribution in [0.1, 0.15) is 11.1 Å². The van der Waals surface area contributed by atoms with Crippen LogP contribution in [-0.4, -0.2) is 55.2 Å². The molecule has 10 heteroatoms. The number of nitrogens with zero attached hydrogens (tertiary/aromatic N) is 3. The lowest BCUT2D eigenvalue weighted by atomic mass is 10.2. The van der Waals surface area contributed by atoms with Gasteiger partial charge in [-0.2, -0.15) is 0 Å². The topological polar surface area (TPSA) is 92.0 Å². The molecule has 0 radical (unpaired) electrons. The Morgan fingerprint density at radius 3 is 2.35 bits per heavy atom. The molecule has 1 aliphatic rings. The molecule has 0 saturated carbocycles. The summed E-state index contributed by atoms with van der Waals surface area (Å²) in [6.45, 7) is 5.82. The maximum Gasteiger partial charge on any atom is 0.269 e. The first-order chi connectivity index (χ1) is 14.6. The van der Waals surface area contributed by atoms with Crippen molar-refractivity contribution in [2.24, 2.45) is 4.99 Å². The Balaban J connectivity index is 0.00000341. The van der Waals surface area contributed by atoms with Crippen LogP contribution in [0.3, 0.4) is 0 Å². The second-order valence-corrected chi connectivity index (χ2v) is 6.95. The van der Waals surface area contributed by atoms with Gasteiger partial charge in [0.05, 0.1) is 24.7 Å². The van der Waals surface area contributed by atoms with Crippen LogP contribution in [0, 0.1) is 15.9 Å². The van der Waals surface area contributed by atoms with Gasteiger partial charge in [0.1, 0.15) is 5.82 Å². The highest BCUT2D eigenvalue weighted by Crippen LogP contribution is 2.11. The molecule has 1 aliphatic heterocycles. The van der Waals surface area contributed by atoms with Gasteiger partial charge in [0.25, 0.3) is 5.69 Å². The maximum atomic E-state index is 13.1.